The second-order valence-electron chi connectivity index (χ2n) is 4.20. The third-order valence-corrected chi connectivity index (χ3v) is 2.96. The predicted octanol–water partition coefficient (Wildman–Crippen LogP) is 0.572. The summed E-state index contributed by atoms with van der Waals surface area (Å²) in [4.78, 5) is 33.5. The highest BCUT2D eigenvalue weighted by atomic mass is 19.1. The Kier molecular flexibility index (Phi) is 3.16. The van der Waals surface area contributed by atoms with Crippen molar-refractivity contribution >= 4 is 23.2 Å². The molecule has 1 aromatic carbocycles. The number of non-ortho nitro benzene ring substituents is 1. The molecule has 0 aromatic heterocycles. The Labute approximate surface area is 106 Å². The van der Waals surface area contributed by atoms with Gasteiger partial charge in [0.2, 0.25) is 11.8 Å². The van der Waals surface area contributed by atoms with Gasteiger partial charge in [-0.15, -0.1) is 0 Å². The Morgan fingerprint density at radius 3 is 2.68 bits per heavy atom. The van der Waals surface area contributed by atoms with Gasteiger partial charge in [-0.3, -0.25) is 19.7 Å². The van der Waals surface area contributed by atoms with E-state index in [1.807, 2.05) is 0 Å². The molecule has 8 heteroatoms. The minimum Gasteiger partial charge on any atom is -0.369 e. The number of anilines is 1. The molecule has 1 fully saturated rings. The van der Waals surface area contributed by atoms with Crippen LogP contribution in [0.4, 0.5) is 15.8 Å². The van der Waals surface area contributed by atoms with E-state index in [-0.39, 0.29) is 18.7 Å². The van der Waals surface area contributed by atoms with E-state index < -0.39 is 34.2 Å². The summed E-state index contributed by atoms with van der Waals surface area (Å²) in [6, 6.07) is 2.98. The van der Waals surface area contributed by atoms with Gasteiger partial charge in [-0.2, -0.15) is 0 Å². The molecule has 0 aliphatic carbocycles. The zero-order valence-corrected chi connectivity index (χ0v) is 9.71. The quantitative estimate of drug-likeness (QED) is 0.638. The smallest absolute Gasteiger partial charge is 0.272 e. The number of halogens is 1. The van der Waals surface area contributed by atoms with Crippen molar-refractivity contribution in [2.45, 2.75) is 6.42 Å². The zero-order chi connectivity index (χ0) is 14.2. The molecule has 2 rings (SSSR count). The van der Waals surface area contributed by atoms with E-state index in [0.29, 0.717) is 0 Å². The molecule has 7 nitrogen and oxygen atoms in total. The van der Waals surface area contributed by atoms with E-state index in [1.54, 1.807) is 0 Å². The minimum absolute atomic E-state index is 0.0110. The first-order valence-corrected chi connectivity index (χ1v) is 5.43. The van der Waals surface area contributed by atoms with Crippen LogP contribution >= 0.6 is 0 Å². The van der Waals surface area contributed by atoms with Crippen molar-refractivity contribution in [1.29, 1.82) is 0 Å². The van der Waals surface area contributed by atoms with Crippen molar-refractivity contribution in [2.75, 3.05) is 11.4 Å². The van der Waals surface area contributed by atoms with Gasteiger partial charge in [-0.25, -0.2) is 4.39 Å². The second-order valence-corrected chi connectivity index (χ2v) is 4.20. The molecule has 0 saturated carbocycles. The van der Waals surface area contributed by atoms with Crippen molar-refractivity contribution < 1.29 is 18.9 Å². The van der Waals surface area contributed by atoms with Crippen LogP contribution in [0.3, 0.4) is 0 Å². The largest absolute Gasteiger partial charge is 0.369 e. The van der Waals surface area contributed by atoms with Gasteiger partial charge in [-0.1, -0.05) is 0 Å². The van der Waals surface area contributed by atoms with Crippen LogP contribution in [0.2, 0.25) is 0 Å². The molecule has 100 valence electrons. The number of hydrogen-bond donors (Lipinski definition) is 1. The second kappa shape index (κ2) is 4.63. The fourth-order valence-electron chi connectivity index (χ4n) is 1.96. The monoisotopic (exact) mass is 267 g/mol. The maximum atomic E-state index is 13.7. The maximum Gasteiger partial charge on any atom is 0.272 e. The Balaban J connectivity index is 2.30. The van der Waals surface area contributed by atoms with E-state index >= 15 is 0 Å². The van der Waals surface area contributed by atoms with Gasteiger partial charge in [0.25, 0.3) is 5.69 Å². The van der Waals surface area contributed by atoms with Gasteiger partial charge in [0, 0.05) is 19.0 Å². The topological polar surface area (TPSA) is 107 Å². The fraction of sp³-hybridized carbons (Fsp3) is 0.273. The number of nitro benzene ring substituents is 1. The highest BCUT2D eigenvalue weighted by Gasteiger charge is 2.35. The number of nitrogens with two attached hydrogens (primary N) is 1. The van der Waals surface area contributed by atoms with Crippen LogP contribution in [0.15, 0.2) is 18.2 Å². The summed E-state index contributed by atoms with van der Waals surface area (Å²) < 4.78 is 13.7. The van der Waals surface area contributed by atoms with Crippen molar-refractivity contribution in [3.05, 3.63) is 34.1 Å². The van der Waals surface area contributed by atoms with Gasteiger partial charge in [0.05, 0.1) is 22.6 Å². The zero-order valence-electron chi connectivity index (χ0n) is 9.71. The van der Waals surface area contributed by atoms with Crippen molar-refractivity contribution in [1.82, 2.24) is 0 Å². The van der Waals surface area contributed by atoms with Gasteiger partial charge < -0.3 is 10.6 Å². The standard InChI is InChI=1S/C11H10FN3O4/c12-8-4-7(15(18)19)1-2-9(8)14-5-6(11(13)17)3-10(14)16/h1-2,4,6H,3,5H2,(H2,13,17). The molecular formula is C11H10FN3O4. The van der Waals surface area contributed by atoms with Crippen molar-refractivity contribution in [3.63, 3.8) is 0 Å². The van der Waals surface area contributed by atoms with Gasteiger partial charge in [-0.05, 0) is 6.07 Å². The molecular weight excluding hydrogens is 257 g/mol. The number of carbonyl (C=O) groups is 2. The van der Waals surface area contributed by atoms with E-state index in [4.69, 9.17) is 5.73 Å². The molecule has 1 unspecified atom stereocenters. The summed E-state index contributed by atoms with van der Waals surface area (Å²) in [6.07, 6.45) is -0.0776. The van der Waals surface area contributed by atoms with Crippen LogP contribution in [0.1, 0.15) is 6.42 Å². The number of rotatable bonds is 3. The van der Waals surface area contributed by atoms with E-state index in [2.05, 4.69) is 0 Å². The molecule has 1 aliphatic heterocycles. The average molecular weight is 267 g/mol. The first-order chi connectivity index (χ1) is 8.90. The van der Waals surface area contributed by atoms with Gasteiger partial charge in [0.1, 0.15) is 0 Å². The summed E-state index contributed by atoms with van der Waals surface area (Å²) in [5.74, 6) is -2.61. The number of primary amides is 1. The Hall–Kier alpha value is -2.51. The Bertz CT molecular complexity index is 575. The number of nitro groups is 1. The van der Waals surface area contributed by atoms with E-state index in [0.717, 1.165) is 23.1 Å². The maximum absolute atomic E-state index is 13.7. The molecule has 2 N–H and O–H groups in total. The highest BCUT2D eigenvalue weighted by Crippen LogP contribution is 2.29. The molecule has 19 heavy (non-hydrogen) atoms. The van der Waals surface area contributed by atoms with E-state index in [1.165, 1.54) is 0 Å². The molecule has 1 saturated heterocycles. The summed E-state index contributed by atoms with van der Waals surface area (Å²) in [6.45, 7) is -0.0110. The summed E-state index contributed by atoms with van der Waals surface area (Å²) >= 11 is 0. The normalized spacial score (nSPS) is 18.7. The van der Waals surface area contributed by atoms with Crippen LogP contribution in [0.25, 0.3) is 0 Å². The van der Waals surface area contributed by atoms with Crippen LogP contribution < -0.4 is 10.6 Å². The lowest BCUT2D eigenvalue weighted by molar-refractivity contribution is -0.385. The number of hydrogen-bond acceptors (Lipinski definition) is 4. The molecule has 1 atom stereocenters. The first kappa shape index (κ1) is 12.9. The molecule has 0 spiro atoms. The molecule has 2 amide bonds. The van der Waals surface area contributed by atoms with Gasteiger partial charge >= 0.3 is 0 Å². The van der Waals surface area contributed by atoms with Crippen LogP contribution in [-0.4, -0.2) is 23.3 Å². The Morgan fingerprint density at radius 1 is 1.53 bits per heavy atom. The number of nitrogens with zero attached hydrogens (tertiary/aromatic N) is 2. The van der Waals surface area contributed by atoms with Gasteiger partial charge in [0.15, 0.2) is 5.82 Å². The lowest BCUT2D eigenvalue weighted by Crippen LogP contribution is -2.29. The number of amides is 2. The highest BCUT2D eigenvalue weighted by molar-refractivity contribution is 6.00. The van der Waals surface area contributed by atoms with Crippen LogP contribution in [0.5, 0.6) is 0 Å². The van der Waals surface area contributed by atoms with E-state index in [9.17, 15) is 24.1 Å². The third-order valence-electron chi connectivity index (χ3n) is 2.96. The summed E-state index contributed by atoms with van der Waals surface area (Å²) in [7, 11) is 0. The van der Waals surface area contributed by atoms with Crippen LogP contribution in [-0.2, 0) is 9.59 Å². The van der Waals surface area contributed by atoms with Crippen molar-refractivity contribution in [3.8, 4) is 0 Å². The summed E-state index contributed by atoms with van der Waals surface area (Å²) in [5.41, 5.74) is 4.61. The molecule has 1 aliphatic rings. The Morgan fingerprint density at radius 2 is 2.21 bits per heavy atom. The van der Waals surface area contributed by atoms with Crippen LogP contribution in [0, 0.1) is 21.8 Å². The predicted molar refractivity (Wildman–Crippen MR) is 62.7 cm³/mol. The number of benzene rings is 1. The molecule has 0 bridgehead atoms. The SMILES string of the molecule is NC(=O)C1CC(=O)N(c2ccc([N+](=O)[O-])cc2F)C1. The lowest BCUT2D eigenvalue weighted by Gasteiger charge is -2.16. The third kappa shape index (κ3) is 2.37. The average Bonchev–Trinajstić information content (AvgIpc) is 2.71. The fourth-order valence-corrected chi connectivity index (χ4v) is 1.96. The first-order valence-electron chi connectivity index (χ1n) is 5.43. The lowest BCUT2D eigenvalue weighted by atomic mass is 10.1. The molecule has 1 heterocycles. The molecule has 1 aromatic rings. The number of carbonyl (C=O) groups excluding carboxylic acids is 2. The molecule has 0 radical (unpaired) electrons. The minimum atomic E-state index is -0.882. The van der Waals surface area contributed by atoms with Crippen molar-refractivity contribution in [2.24, 2.45) is 11.7 Å². The summed E-state index contributed by atoms with van der Waals surface area (Å²) in [5, 5.41) is 10.5.